The third kappa shape index (κ3) is 1.75. The maximum atomic E-state index is 13.0. The van der Waals surface area contributed by atoms with Crippen molar-refractivity contribution in [3.05, 3.63) is 32.5 Å². The molecule has 0 aromatic heterocycles. The van der Waals surface area contributed by atoms with Crippen LogP contribution in [0, 0.1) is 5.82 Å². The Morgan fingerprint density at radius 3 is 2.42 bits per heavy atom. The van der Waals surface area contributed by atoms with E-state index in [2.05, 4.69) is 31.9 Å². The van der Waals surface area contributed by atoms with Crippen LogP contribution in [0.25, 0.3) is 0 Å². The molecule has 0 spiro atoms. The van der Waals surface area contributed by atoms with Crippen molar-refractivity contribution < 1.29 is 9.18 Å². The van der Waals surface area contributed by atoms with Crippen molar-refractivity contribution in [1.82, 2.24) is 0 Å². The van der Waals surface area contributed by atoms with Crippen molar-refractivity contribution in [2.75, 3.05) is 0 Å². The largest absolute Gasteiger partial charge is 0.294 e. The van der Waals surface area contributed by atoms with Crippen molar-refractivity contribution in [3.63, 3.8) is 0 Å². The number of ketones is 1. The zero-order valence-corrected chi connectivity index (χ0v) is 9.37. The topological polar surface area (TPSA) is 17.1 Å². The van der Waals surface area contributed by atoms with E-state index in [4.69, 9.17) is 0 Å². The molecule has 0 saturated heterocycles. The first-order valence-corrected chi connectivity index (χ1v) is 4.77. The van der Waals surface area contributed by atoms with Crippen LogP contribution in [0.3, 0.4) is 0 Å². The van der Waals surface area contributed by atoms with Crippen LogP contribution in [0.1, 0.15) is 17.3 Å². The van der Waals surface area contributed by atoms with Crippen molar-refractivity contribution in [3.8, 4) is 0 Å². The van der Waals surface area contributed by atoms with E-state index in [-0.39, 0.29) is 11.3 Å². The van der Waals surface area contributed by atoms with Gasteiger partial charge in [-0.2, -0.15) is 0 Å². The van der Waals surface area contributed by atoms with Gasteiger partial charge < -0.3 is 0 Å². The number of halogens is 3. The monoisotopic (exact) mass is 294 g/mol. The fourth-order valence-electron chi connectivity index (χ4n) is 0.850. The van der Waals surface area contributed by atoms with Crippen molar-refractivity contribution in [2.24, 2.45) is 0 Å². The first-order valence-electron chi connectivity index (χ1n) is 3.18. The third-order valence-corrected chi connectivity index (χ3v) is 3.41. The molecule has 0 saturated carbocycles. The zero-order chi connectivity index (χ0) is 9.30. The Hall–Kier alpha value is -0.220. The summed E-state index contributed by atoms with van der Waals surface area (Å²) < 4.78 is 14.2. The maximum absolute atomic E-state index is 13.0. The van der Waals surface area contributed by atoms with Gasteiger partial charge >= 0.3 is 0 Å². The van der Waals surface area contributed by atoms with E-state index in [1.165, 1.54) is 13.0 Å². The van der Waals surface area contributed by atoms with Gasteiger partial charge in [-0.1, -0.05) is 0 Å². The van der Waals surface area contributed by atoms with Gasteiger partial charge in [0.25, 0.3) is 0 Å². The Bertz CT molecular complexity index is 336. The first kappa shape index (κ1) is 9.86. The molecule has 12 heavy (non-hydrogen) atoms. The van der Waals surface area contributed by atoms with E-state index < -0.39 is 5.82 Å². The zero-order valence-electron chi connectivity index (χ0n) is 6.20. The molecule has 0 N–H and O–H groups in total. The molecule has 0 radical (unpaired) electrons. The molecule has 0 aliphatic carbocycles. The van der Waals surface area contributed by atoms with Gasteiger partial charge in [0.15, 0.2) is 5.78 Å². The molecule has 0 atom stereocenters. The molecule has 0 unspecified atom stereocenters. The molecular formula is C8H5Br2FO. The van der Waals surface area contributed by atoms with Crippen LogP contribution in [0.4, 0.5) is 4.39 Å². The average Bonchev–Trinajstić information content (AvgIpc) is 1.97. The number of Topliss-reactive ketones (excluding diaryl/α,β-unsaturated/α-hetero) is 1. The molecule has 1 aromatic rings. The Kier molecular flexibility index (Phi) is 3.01. The summed E-state index contributed by atoms with van der Waals surface area (Å²) >= 11 is 6.31. The van der Waals surface area contributed by atoms with Gasteiger partial charge in [-0.15, -0.1) is 0 Å². The van der Waals surface area contributed by atoms with Crippen molar-refractivity contribution >= 4 is 37.6 Å². The number of hydrogen-bond acceptors (Lipinski definition) is 1. The summed E-state index contributed by atoms with van der Waals surface area (Å²) in [5.74, 6) is -0.793. The Morgan fingerprint density at radius 2 is 2.00 bits per heavy atom. The Balaban J connectivity index is 3.43. The highest BCUT2D eigenvalue weighted by Gasteiger charge is 2.13. The fraction of sp³-hybridized carbons (Fsp3) is 0.125. The molecule has 0 fully saturated rings. The minimum absolute atomic E-state index is 0.0874. The molecule has 0 aliphatic rings. The predicted molar refractivity (Wildman–Crippen MR) is 51.8 cm³/mol. The number of carbonyl (C=O) groups excluding carboxylic acids is 1. The molecule has 1 nitrogen and oxygen atoms in total. The van der Waals surface area contributed by atoms with Gasteiger partial charge in [0.05, 0.1) is 5.56 Å². The van der Waals surface area contributed by atoms with E-state index in [1.54, 1.807) is 6.07 Å². The highest BCUT2D eigenvalue weighted by Crippen LogP contribution is 2.28. The molecule has 0 heterocycles. The van der Waals surface area contributed by atoms with Gasteiger partial charge in [0, 0.05) is 8.95 Å². The molecular weight excluding hydrogens is 291 g/mol. The molecule has 1 aromatic carbocycles. The molecule has 1 rings (SSSR count). The van der Waals surface area contributed by atoms with Crippen LogP contribution in [-0.2, 0) is 0 Å². The smallest absolute Gasteiger partial charge is 0.163 e. The van der Waals surface area contributed by atoms with Gasteiger partial charge in [-0.25, -0.2) is 4.39 Å². The van der Waals surface area contributed by atoms with Crippen LogP contribution in [-0.4, -0.2) is 5.78 Å². The minimum atomic E-state index is -0.502. The summed E-state index contributed by atoms with van der Waals surface area (Å²) in [6, 6.07) is 2.80. The summed E-state index contributed by atoms with van der Waals surface area (Å²) in [7, 11) is 0. The average molecular weight is 296 g/mol. The van der Waals surface area contributed by atoms with Crippen LogP contribution in [0.15, 0.2) is 21.1 Å². The fourth-order valence-corrected chi connectivity index (χ4v) is 1.78. The van der Waals surface area contributed by atoms with Crippen LogP contribution in [0.5, 0.6) is 0 Å². The van der Waals surface area contributed by atoms with E-state index in [1.807, 2.05) is 0 Å². The minimum Gasteiger partial charge on any atom is -0.294 e. The quantitative estimate of drug-likeness (QED) is 0.572. The molecule has 4 heteroatoms. The summed E-state index contributed by atoms with van der Waals surface area (Å²) in [4.78, 5) is 10.9. The van der Waals surface area contributed by atoms with Crippen LogP contribution < -0.4 is 0 Å². The lowest BCUT2D eigenvalue weighted by Crippen LogP contribution is -1.98. The normalized spacial score (nSPS) is 10.0. The van der Waals surface area contributed by atoms with E-state index in [0.29, 0.717) is 8.95 Å². The van der Waals surface area contributed by atoms with Crippen molar-refractivity contribution in [2.45, 2.75) is 6.92 Å². The summed E-state index contributed by atoms with van der Waals surface area (Å²) in [5, 5.41) is 0. The highest BCUT2D eigenvalue weighted by molar-refractivity contribution is 9.13. The van der Waals surface area contributed by atoms with Gasteiger partial charge in [0.1, 0.15) is 5.82 Å². The highest BCUT2D eigenvalue weighted by atomic mass is 79.9. The standard InChI is InChI=1S/C8H5Br2FO/c1-4(12)7-6(11)3-2-5(9)8(7)10/h2-3H,1H3. The lowest BCUT2D eigenvalue weighted by atomic mass is 10.1. The SMILES string of the molecule is CC(=O)c1c(F)ccc(Br)c1Br. The molecule has 0 bridgehead atoms. The summed E-state index contributed by atoms with van der Waals surface area (Å²) in [6.45, 7) is 1.33. The van der Waals surface area contributed by atoms with E-state index >= 15 is 0 Å². The second-order valence-corrected chi connectivity index (χ2v) is 3.92. The van der Waals surface area contributed by atoms with Crippen LogP contribution in [0.2, 0.25) is 0 Å². The number of carbonyl (C=O) groups is 1. The van der Waals surface area contributed by atoms with Gasteiger partial charge in [0.2, 0.25) is 0 Å². The van der Waals surface area contributed by atoms with E-state index in [9.17, 15) is 9.18 Å². The predicted octanol–water partition coefficient (Wildman–Crippen LogP) is 3.55. The van der Waals surface area contributed by atoms with Crippen LogP contribution >= 0.6 is 31.9 Å². The molecule has 0 amide bonds. The van der Waals surface area contributed by atoms with Crippen molar-refractivity contribution in [1.29, 1.82) is 0 Å². The Labute approximate surface area is 86.2 Å². The third-order valence-electron chi connectivity index (χ3n) is 1.40. The second kappa shape index (κ2) is 3.66. The summed E-state index contributed by atoms with van der Waals surface area (Å²) in [6.07, 6.45) is 0. The molecule has 0 aliphatic heterocycles. The lowest BCUT2D eigenvalue weighted by Gasteiger charge is -2.03. The summed E-state index contributed by atoms with van der Waals surface area (Å²) in [5.41, 5.74) is 0.0874. The lowest BCUT2D eigenvalue weighted by molar-refractivity contribution is 0.101. The number of benzene rings is 1. The van der Waals surface area contributed by atoms with E-state index in [0.717, 1.165) is 0 Å². The Morgan fingerprint density at radius 1 is 1.42 bits per heavy atom. The number of rotatable bonds is 1. The number of hydrogen-bond donors (Lipinski definition) is 0. The second-order valence-electron chi connectivity index (χ2n) is 2.27. The molecule has 64 valence electrons. The first-order chi connectivity index (χ1) is 5.54. The van der Waals surface area contributed by atoms with Gasteiger partial charge in [-0.05, 0) is 50.9 Å². The maximum Gasteiger partial charge on any atom is 0.163 e. The van der Waals surface area contributed by atoms with Gasteiger partial charge in [-0.3, -0.25) is 4.79 Å².